The van der Waals surface area contributed by atoms with E-state index in [-0.39, 0.29) is 25.1 Å². The van der Waals surface area contributed by atoms with Crippen molar-refractivity contribution in [2.45, 2.75) is 123 Å². The van der Waals surface area contributed by atoms with Gasteiger partial charge in [0.2, 0.25) is 0 Å². The van der Waals surface area contributed by atoms with Crippen molar-refractivity contribution < 1.29 is 42.9 Å². The van der Waals surface area contributed by atoms with Crippen molar-refractivity contribution in [1.29, 1.82) is 0 Å². The SMILES string of the molecule is COC(=O)[C@@H]1CCCN(C(=O)[C@H](Cc2nc(-c3cc4c5c(c3)c(CC(C)(C)COC(C)=O)c(-c3cc(N6CCN(C7CC7)CC6)cnc3[C@H](C)OC)n5CCO4)cs2)NC(=O)OC(C)(C)C)N1. The number of amides is 2. The number of alkyl carbamates (subject to hydrolysis) is 1. The number of methoxy groups -OCH3 is 2. The van der Waals surface area contributed by atoms with E-state index >= 15 is 0 Å². The summed E-state index contributed by atoms with van der Waals surface area (Å²) in [5, 5.41) is 7.71. The van der Waals surface area contributed by atoms with Crippen molar-refractivity contribution in [3.8, 4) is 28.3 Å². The number of hydrogen-bond donors (Lipinski definition) is 2. The zero-order chi connectivity index (χ0) is 47.8. The van der Waals surface area contributed by atoms with Gasteiger partial charge >= 0.3 is 18.0 Å². The van der Waals surface area contributed by atoms with Gasteiger partial charge in [0, 0.05) is 86.5 Å². The van der Waals surface area contributed by atoms with Crippen molar-refractivity contribution >= 4 is 51.9 Å². The molecule has 18 heteroatoms. The van der Waals surface area contributed by atoms with Crippen molar-refractivity contribution in [1.82, 2.24) is 35.2 Å². The molecule has 3 aliphatic heterocycles. The molecule has 0 unspecified atom stereocenters. The number of benzene rings is 1. The largest absolute Gasteiger partial charge is 0.489 e. The molecular formula is C49H66N8O9S. The second kappa shape index (κ2) is 19.7. The first-order valence-corrected chi connectivity index (χ1v) is 24.4. The van der Waals surface area contributed by atoms with E-state index in [2.05, 4.69) is 51.1 Å². The third-order valence-electron chi connectivity index (χ3n) is 12.9. The van der Waals surface area contributed by atoms with Gasteiger partial charge in [-0.15, -0.1) is 11.3 Å². The van der Waals surface area contributed by atoms with Crippen molar-refractivity contribution in [3.63, 3.8) is 0 Å². The van der Waals surface area contributed by atoms with Gasteiger partial charge in [-0.1, -0.05) is 13.8 Å². The number of rotatable bonds is 15. The van der Waals surface area contributed by atoms with Crippen LogP contribution in [0.5, 0.6) is 5.75 Å². The number of esters is 2. The Morgan fingerprint density at radius 3 is 2.45 bits per heavy atom. The molecule has 1 aromatic carbocycles. The van der Waals surface area contributed by atoms with Gasteiger partial charge in [-0.25, -0.2) is 15.2 Å². The second-order valence-electron chi connectivity index (χ2n) is 19.9. The number of carbonyl (C=O) groups excluding carboxylic acids is 4. The first kappa shape index (κ1) is 48.2. The molecule has 67 heavy (non-hydrogen) atoms. The summed E-state index contributed by atoms with van der Waals surface area (Å²) < 4.78 is 31.0. The molecule has 1 aliphatic carbocycles. The number of hydrogen-bond acceptors (Lipinski definition) is 15. The van der Waals surface area contributed by atoms with Gasteiger partial charge in [0.1, 0.15) is 30.0 Å². The number of piperazine rings is 1. The molecule has 2 N–H and O–H groups in total. The highest BCUT2D eigenvalue weighted by molar-refractivity contribution is 7.10. The molecule has 4 aromatic rings. The number of pyridine rings is 1. The average molecular weight is 943 g/mol. The smallest absolute Gasteiger partial charge is 0.408 e. The Bertz CT molecular complexity index is 2480. The van der Waals surface area contributed by atoms with Gasteiger partial charge < -0.3 is 38.5 Å². The lowest BCUT2D eigenvalue weighted by molar-refractivity contribution is -0.150. The summed E-state index contributed by atoms with van der Waals surface area (Å²) in [6.07, 6.45) is 5.26. The van der Waals surface area contributed by atoms with Gasteiger partial charge in [0.05, 0.1) is 65.9 Å². The summed E-state index contributed by atoms with van der Waals surface area (Å²) in [7, 11) is 3.02. The van der Waals surface area contributed by atoms with E-state index in [0.717, 1.165) is 82.6 Å². The highest BCUT2D eigenvalue weighted by Crippen LogP contribution is 2.47. The lowest BCUT2D eigenvalue weighted by atomic mass is 9.84. The van der Waals surface area contributed by atoms with Crippen LogP contribution in [0.25, 0.3) is 33.4 Å². The molecule has 2 amide bonds. The Labute approximate surface area is 396 Å². The zero-order valence-corrected chi connectivity index (χ0v) is 41.2. The van der Waals surface area contributed by atoms with Gasteiger partial charge in [-0.2, -0.15) is 0 Å². The molecular weight excluding hydrogens is 877 g/mol. The van der Waals surface area contributed by atoms with E-state index < -0.39 is 41.1 Å². The summed E-state index contributed by atoms with van der Waals surface area (Å²) >= 11 is 1.38. The fourth-order valence-electron chi connectivity index (χ4n) is 9.42. The Hall–Kier alpha value is -5.30. The Morgan fingerprint density at radius 2 is 1.76 bits per heavy atom. The minimum Gasteiger partial charge on any atom is -0.489 e. The fourth-order valence-corrected chi connectivity index (χ4v) is 10.3. The van der Waals surface area contributed by atoms with E-state index in [1.807, 2.05) is 24.6 Å². The van der Waals surface area contributed by atoms with Crippen LogP contribution in [0.15, 0.2) is 29.8 Å². The van der Waals surface area contributed by atoms with Crippen LogP contribution in [-0.4, -0.2) is 132 Å². The summed E-state index contributed by atoms with van der Waals surface area (Å²) in [5.41, 5.74) is 9.21. The van der Waals surface area contributed by atoms with E-state index in [4.69, 9.17) is 33.7 Å². The van der Waals surface area contributed by atoms with Gasteiger partial charge in [-0.3, -0.25) is 29.3 Å². The summed E-state index contributed by atoms with van der Waals surface area (Å²) in [6.45, 7) is 18.5. The predicted molar refractivity (Wildman–Crippen MR) is 255 cm³/mol. The lowest BCUT2D eigenvalue weighted by Gasteiger charge is -2.36. The molecule has 0 spiro atoms. The van der Waals surface area contributed by atoms with E-state index in [9.17, 15) is 19.2 Å². The normalized spacial score (nSPS) is 18.9. The number of ether oxygens (including phenoxy) is 5. The zero-order valence-electron chi connectivity index (χ0n) is 40.4. The summed E-state index contributed by atoms with van der Waals surface area (Å²) in [4.78, 5) is 67.2. The lowest BCUT2D eigenvalue weighted by Crippen LogP contribution is -2.60. The van der Waals surface area contributed by atoms with Crippen molar-refractivity contribution in [3.05, 3.63) is 46.0 Å². The van der Waals surface area contributed by atoms with Crippen LogP contribution in [0.3, 0.4) is 0 Å². The topological polar surface area (TPSA) is 179 Å². The van der Waals surface area contributed by atoms with E-state index in [1.165, 1.54) is 43.2 Å². The number of hydrazine groups is 1. The Morgan fingerprint density at radius 1 is 1.00 bits per heavy atom. The van der Waals surface area contributed by atoms with Crippen LogP contribution in [0.2, 0.25) is 0 Å². The fraction of sp³-hybridized carbons (Fsp3) is 0.592. The summed E-state index contributed by atoms with van der Waals surface area (Å²) in [5.74, 6) is -0.503. The van der Waals surface area contributed by atoms with Gasteiger partial charge in [-0.05, 0) is 83.6 Å². The third kappa shape index (κ3) is 11.0. The first-order chi connectivity index (χ1) is 31.9. The molecule has 17 nitrogen and oxygen atoms in total. The quantitative estimate of drug-likeness (QED) is 0.0982. The highest BCUT2D eigenvalue weighted by Gasteiger charge is 2.37. The van der Waals surface area contributed by atoms with Gasteiger partial charge in [0.15, 0.2) is 0 Å². The number of carbonyl (C=O) groups is 4. The predicted octanol–water partition coefficient (Wildman–Crippen LogP) is 6.45. The minimum absolute atomic E-state index is 0.0744. The second-order valence-corrected chi connectivity index (χ2v) is 20.9. The molecule has 0 bridgehead atoms. The first-order valence-electron chi connectivity index (χ1n) is 23.5. The standard InChI is InChI=1S/C49H66N8O9S/c1-29(62-8)42-35(23-33(26-50-42)55-17-15-54(16-18-55)32-12-13-32)43-36(25-49(6,7)28-65-30(2)58)34-21-31(22-40-44(34)56(43)19-20-64-40)39-27-67-41(51-39)24-38(52-47(61)66-48(3,4)5)45(59)57-14-10-11-37(53-57)46(60)63-9/h21-23,26-27,29,32,37-38,53H,10-20,24-25,28H2,1-9H3,(H,52,61)/t29-,37-,38-/m0/s1. The molecule has 362 valence electrons. The van der Waals surface area contributed by atoms with Crippen LogP contribution >= 0.6 is 11.3 Å². The number of thiazole rings is 1. The minimum atomic E-state index is -1.05. The molecule has 3 fully saturated rings. The Balaban J connectivity index is 1.19. The van der Waals surface area contributed by atoms with Crippen molar-refractivity contribution in [2.75, 3.05) is 65.1 Å². The molecule has 6 heterocycles. The monoisotopic (exact) mass is 942 g/mol. The van der Waals surface area contributed by atoms with Crippen LogP contribution in [0, 0.1) is 5.41 Å². The van der Waals surface area contributed by atoms with Crippen LogP contribution in [0.4, 0.5) is 10.5 Å². The Kier molecular flexibility index (Phi) is 14.2. The number of nitrogens with zero attached hydrogens (tertiary/aromatic N) is 6. The maximum atomic E-state index is 14.2. The molecule has 8 rings (SSSR count). The molecule has 3 atom stereocenters. The van der Waals surface area contributed by atoms with Gasteiger partial charge in [0.25, 0.3) is 5.91 Å². The third-order valence-corrected chi connectivity index (χ3v) is 13.8. The summed E-state index contributed by atoms with van der Waals surface area (Å²) in [6, 6.07) is 5.44. The maximum Gasteiger partial charge on any atom is 0.408 e. The molecule has 1 saturated carbocycles. The number of nitrogens with one attached hydrogen (secondary N) is 2. The maximum absolute atomic E-state index is 14.2. The molecule has 4 aliphatic rings. The number of aromatic nitrogens is 3. The van der Waals surface area contributed by atoms with Crippen molar-refractivity contribution in [2.24, 2.45) is 5.41 Å². The number of anilines is 1. The van der Waals surface area contributed by atoms with E-state index in [0.29, 0.717) is 49.7 Å². The van der Waals surface area contributed by atoms with E-state index in [1.54, 1.807) is 27.9 Å². The molecule has 2 saturated heterocycles. The van der Waals surface area contributed by atoms with Crippen LogP contribution in [0.1, 0.15) is 96.5 Å². The average Bonchev–Trinajstić information content (AvgIpc) is 3.98. The molecule has 3 aromatic heterocycles. The molecule has 0 radical (unpaired) electrons. The van der Waals surface area contributed by atoms with Crippen LogP contribution < -0.4 is 20.4 Å². The van der Waals surface area contributed by atoms with Crippen LogP contribution in [-0.2, 0) is 52.7 Å². The highest BCUT2D eigenvalue weighted by atomic mass is 32.1.